The van der Waals surface area contributed by atoms with Crippen molar-refractivity contribution in [3.8, 4) is 11.5 Å². The van der Waals surface area contributed by atoms with Gasteiger partial charge in [0, 0.05) is 12.6 Å². The molecule has 2 fully saturated rings. The van der Waals surface area contributed by atoms with Gasteiger partial charge in [-0.2, -0.15) is 0 Å². The van der Waals surface area contributed by atoms with Crippen LogP contribution in [0.3, 0.4) is 0 Å². The van der Waals surface area contributed by atoms with Crippen molar-refractivity contribution >= 4 is 17.7 Å². The van der Waals surface area contributed by atoms with E-state index in [-0.39, 0.29) is 11.3 Å². The fourth-order valence-electron chi connectivity index (χ4n) is 3.59. The lowest BCUT2D eigenvalue weighted by atomic mass is 10.1. The van der Waals surface area contributed by atoms with Gasteiger partial charge in [-0.05, 0) is 56.6 Å². The van der Waals surface area contributed by atoms with Gasteiger partial charge >= 0.3 is 0 Å². The highest BCUT2D eigenvalue weighted by Gasteiger charge is 2.33. The van der Waals surface area contributed by atoms with Crippen molar-refractivity contribution in [2.24, 2.45) is 0 Å². The third-order valence-corrected chi connectivity index (χ3v) is 6.21. The molecule has 0 saturated carbocycles. The Balaban J connectivity index is 1.64. The Hall–Kier alpha value is -1.40. The summed E-state index contributed by atoms with van der Waals surface area (Å²) in [5.41, 5.74) is 1.07. The highest BCUT2D eigenvalue weighted by Crippen LogP contribution is 2.41. The Bertz CT molecular complexity index is 568. The SMILES string of the molecule is COc1cc(OC)cc(C2SCC(=O)N2CCCN2CCCCC2)c1. The zero-order chi connectivity index (χ0) is 17.6. The summed E-state index contributed by atoms with van der Waals surface area (Å²) in [6, 6.07) is 5.89. The summed E-state index contributed by atoms with van der Waals surface area (Å²) in [7, 11) is 3.31. The van der Waals surface area contributed by atoms with Crippen LogP contribution in [-0.4, -0.2) is 61.9 Å². The predicted molar refractivity (Wildman–Crippen MR) is 101 cm³/mol. The van der Waals surface area contributed by atoms with Crippen molar-refractivity contribution < 1.29 is 14.3 Å². The average Bonchev–Trinajstić information content (AvgIpc) is 3.03. The molecule has 1 atom stereocenters. The number of methoxy groups -OCH3 is 2. The third-order valence-electron chi connectivity index (χ3n) is 4.95. The quantitative estimate of drug-likeness (QED) is 0.743. The van der Waals surface area contributed by atoms with Gasteiger partial charge in [-0.1, -0.05) is 6.42 Å². The van der Waals surface area contributed by atoms with Gasteiger partial charge in [-0.25, -0.2) is 0 Å². The number of carbonyl (C=O) groups excluding carboxylic acids is 1. The van der Waals surface area contributed by atoms with Gasteiger partial charge in [0.2, 0.25) is 5.91 Å². The molecule has 138 valence electrons. The predicted octanol–water partition coefficient (Wildman–Crippen LogP) is 3.15. The van der Waals surface area contributed by atoms with Gasteiger partial charge in [0.05, 0.1) is 20.0 Å². The van der Waals surface area contributed by atoms with Crippen LogP contribution in [0.2, 0.25) is 0 Å². The molecule has 2 aliphatic rings. The number of rotatable bonds is 7. The summed E-state index contributed by atoms with van der Waals surface area (Å²) >= 11 is 1.69. The van der Waals surface area contributed by atoms with E-state index >= 15 is 0 Å². The molecule has 1 aromatic rings. The Morgan fingerprint density at radius 2 is 1.72 bits per heavy atom. The van der Waals surface area contributed by atoms with Crippen LogP contribution in [0.25, 0.3) is 0 Å². The first-order chi connectivity index (χ1) is 12.2. The molecule has 6 heteroatoms. The van der Waals surface area contributed by atoms with Gasteiger partial charge in [0.15, 0.2) is 0 Å². The fourth-order valence-corrected chi connectivity index (χ4v) is 4.79. The van der Waals surface area contributed by atoms with Crippen LogP contribution in [-0.2, 0) is 4.79 Å². The number of benzene rings is 1. The summed E-state index contributed by atoms with van der Waals surface area (Å²) < 4.78 is 10.8. The average molecular weight is 365 g/mol. The van der Waals surface area contributed by atoms with Crippen molar-refractivity contribution in [2.45, 2.75) is 31.1 Å². The molecule has 5 nitrogen and oxygen atoms in total. The van der Waals surface area contributed by atoms with E-state index < -0.39 is 0 Å². The van der Waals surface area contributed by atoms with Gasteiger partial charge in [-0.3, -0.25) is 4.79 Å². The van der Waals surface area contributed by atoms with E-state index in [1.165, 1.54) is 32.4 Å². The van der Waals surface area contributed by atoms with E-state index in [1.54, 1.807) is 26.0 Å². The molecule has 0 aromatic heterocycles. The summed E-state index contributed by atoms with van der Waals surface area (Å²) in [6.07, 6.45) is 5.01. The molecule has 3 rings (SSSR count). The van der Waals surface area contributed by atoms with Crippen LogP contribution in [0.1, 0.15) is 36.6 Å². The number of ether oxygens (including phenoxy) is 2. The smallest absolute Gasteiger partial charge is 0.233 e. The monoisotopic (exact) mass is 364 g/mol. The van der Waals surface area contributed by atoms with Crippen LogP contribution in [0.15, 0.2) is 18.2 Å². The molecule has 0 bridgehead atoms. The number of piperidine rings is 1. The maximum absolute atomic E-state index is 12.4. The van der Waals surface area contributed by atoms with Gasteiger partial charge in [0.1, 0.15) is 16.9 Å². The van der Waals surface area contributed by atoms with Crippen LogP contribution in [0, 0.1) is 0 Å². The molecule has 0 aliphatic carbocycles. The zero-order valence-electron chi connectivity index (χ0n) is 15.2. The first-order valence-corrected chi connectivity index (χ1v) is 10.1. The van der Waals surface area contributed by atoms with Crippen molar-refractivity contribution in [1.29, 1.82) is 0 Å². The van der Waals surface area contributed by atoms with Crippen molar-refractivity contribution in [2.75, 3.05) is 46.2 Å². The first-order valence-electron chi connectivity index (χ1n) is 9.07. The molecule has 0 spiro atoms. The Labute approximate surface area is 154 Å². The Morgan fingerprint density at radius 3 is 2.36 bits per heavy atom. The fraction of sp³-hybridized carbons (Fsp3) is 0.632. The minimum atomic E-state index is 0.0536. The van der Waals surface area contributed by atoms with Crippen molar-refractivity contribution in [3.05, 3.63) is 23.8 Å². The number of hydrogen-bond donors (Lipinski definition) is 0. The summed E-state index contributed by atoms with van der Waals surface area (Å²) in [6.45, 7) is 4.31. The second-order valence-corrected chi connectivity index (χ2v) is 7.72. The van der Waals surface area contributed by atoms with Crippen LogP contribution >= 0.6 is 11.8 Å². The largest absolute Gasteiger partial charge is 0.497 e. The topological polar surface area (TPSA) is 42.0 Å². The van der Waals surface area contributed by atoms with Crippen LogP contribution in [0.4, 0.5) is 0 Å². The highest BCUT2D eigenvalue weighted by molar-refractivity contribution is 8.00. The molecule has 2 heterocycles. The molecule has 0 radical (unpaired) electrons. The normalized spacial score (nSPS) is 21.6. The number of hydrogen-bond acceptors (Lipinski definition) is 5. The van der Waals surface area contributed by atoms with Crippen molar-refractivity contribution in [3.63, 3.8) is 0 Å². The number of thioether (sulfide) groups is 1. The van der Waals surface area contributed by atoms with E-state index in [4.69, 9.17) is 9.47 Å². The first kappa shape index (κ1) is 18.4. The lowest BCUT2D eigenvalue weighted by molar-refractivity contribution is -0.128. The molecule has 1 unspecified atom stereocenters. The number of amides is 1. The standard InChI is InChI=1S/C19H28N2O3S/c1-23-16-11-15(12-17(13-16)24-2)19-21(18(22)14-25-19)10-6-9-20-7-4-3-5-8-20/h11-13,19H,3-10,14H2,1-2H3. The van der Waals surface area contributed by atoms with E-state index in [0.717, 1.165) is 36.6 Å². The molecule has 1 aromatic carbocycles. The number of likely N-dealkylation sites (tertiary alicyclic amines) is 1. The maximum Gasteiger partial charge on any atom is 0.233 e. The van der Waals surface area contributed by atoms with E-state index in [1.807, 2.05) is 23.1 Å². The second-order valence-electron chi connectivity index (χ2n) is 6.65. The third kappa shape index (κ3) is 4.61. The Kier molecular flexibility index (Phi) is 6.48. The van der Waals surface area contributed by atoms with E-state index in [2.05, 4.69) is 4.90 Å². The van der Waals surface area contributed by atoms with Crippen molar-refractivity contribution in [1.82, 2.24) is 9.80 Å². The number of nitrogens with zero attached hydrogens (tertiary/aromatic N) is 2. The minimum Gasteiger partial charge on any atom is -0.497 e. The second kappa shape index (κ2) is 8.81. The molecule has 25 heavy (non-hydrogen) atoms. The van der Waals surface area contributed by atoms with E-state index in [0.29, 0.717) is 5.75 Å². The van der Waals surface area contributed by atoms with Gasteiger partial charge < -0.3 is 19.3 Å². The summed E-state index contributed by atoms with van der Waals surface area (Å²) in [5, 5.41) is 0.0536. The molecule has 2 aliphatic heterocycles. The molecule has 1 amide bonds. The maximum atomic E-state index is 12.4. The zero-order valence-corrected chi connectivity index (χ0v) is 16.0. The van der Waals surface area contributed by atoms with E-state index in [9.17, 15) is 4.79 Å². The van der Waals surface area contributed by atoms with Crippen LogP contribution in [0.5, 0.6) is 11.5 Å². The lowest BCUT2D eigenvalue weighted by Crippen LogP contribution is -2.34. The summed E-state index contributed by atoms with van der Waals surface area (Å²) in [4.78, 5) is 16.9. The molecular formula is C19H28N2O3S. The molecule has 0 N–H and O–H groups in total. The molecule has 2 saturated heterocycles. The minimum absolute atomic E-state index is 0.0536. The number of carbonyl (C=O) groups is 1. The lowest BCUT2D eigenvalue weighted by Gasteiger charge is -2.29. The van der Waals surface area contributed by atoms with Crippen LogP contribution < -0.4 is 9.47 Å². The van der Waals surface area contributed by atoms with Gasteiger partial charge in [0.25, 0.3) is 0 Å². The highest BCUT2D eigenvalue weighted by atomic mass is 32.2. The van der Waals surface area contributed by atoms with Gasteiger partial charge in [-0.15, -0.1) is 11.8 Å². The Morgan fingerprint density at radius 1 is 1.04 bits per heavy atom. The molecular weight excluding hydrogens is 336 g/mol. The summed E-state index contributed by atoms with van der Waals surface area (Å²) in [5.74, 6) is 2.31.